The molecule has 1 heterocycles. The maximum atomic E-state index is 10.4. The standard InChI is InChI=1S/C15H18BrNO/c1-8-4-9(16)5-10-13-11(17-14(8)10)6-15(2,3)7-12(13)18/h4-5,12,17-18H,6-7H2,1-3H3. The zero-order valence-electron chi connectivity index (χ0n) is 11.0. The Morgan fingerprint density at radius 3 is 2.83 bits per heavy atom. The molecule has 0 bridgehead atoms. The number of hydrogen-bond acceptors (Lipinski definition) is 1. The van der Waals surface area contributed by atoms with Gasteiger partial charge in [-0.15, -0.1) is 0 Å². The van der Waals surface area contributed by atoms with Gasteiger partial charge in [-0.05, 0) is 42.9 Å². The average molecular weight is 308 g/mol. The Balaban J connectivity index is 2.30. The molecule has 1 aromatic heterocycles. The van der Waals surface area contributed by atoms with Gasteiger partial charge < -0.3 is 10.1 Å². The van der Waals surface area contributed by atoms with E-state index in [9.17, 15) is 5.11 Å². The number of halogens is 1. The first-order valence-electron chi connectivity index (χ1n) is 6.36. The molecule has 0 radical (unpaired) electrons. The van der Waals surface area contributed by atoms with Crippen LogP contribution in [0.2, 0.25) is 0 Å². The minimum absolute atomic E-state index is 0.165. The lowest BCUT2D eigenvalue weighted by atomic mass is 9.75. The van der Waals surface area contributed by atoms with Crippen molar-refractivity contribution in [2.24, 2.45) is 5.41 Å². The third kappa shape index (κ3) is 1.81. The van der Waals surface area contributed by atoms with Crippen LogP contribution < -0.4 is 0 Å². The predicted molar refractivity (Wildman–Crippen MR) is 77.8 cm³/mol. The normalized spacial score (nSPS) is 22.2. The number of aromatic amines is 1. The molecule has 0 saturated heterocycles. The number of aliphatic hydroxyl groups excluding tert-OH is 1. The first-order valence-corrected chi connectivity index (χ1v) is 7.15. The maximum Gasteiger partial charge on any atom is 0.0818 e. The molecule has 1 aromatic carbocycles. The van der Waals surface area contributed by atoms with Crippen molar-refractivity contribution in [1.82, 2.24) is 4.98 Å². The summed E-state index contributed by atoms with van der Waals surface area (Å²) in [6, 6.07) is 4.22. The van der Waals surface area contributed by atoms with E-state index in [1.807, 2.05) is 0 Å². The first-order chi connectivity index (χ1) is 8.37. The molecule has 0 saturated carbocycles. The van der Waals surface area contributed by atoms with E-state index in [-0.39, 0.29) is 11.5 Å². The molecule has 2 nitrogen and oxygen atoms in total. The molecule has 0 amide bonds. The van der Waals surface area contributed by atoms with Crippen LogP contribution in [0, 0.1) is 12.3 Å². The molecular weight excluding hydrogens is 290 g/mol. The van der Waals surface area contributed by atoms with Crippen LogP contribution in [0.1, 0.15) is 43.2 Å². The van der Waals surface area contributed by atoms with Gasteiger partial charge in [0.05, 0.1) is 6.10 Å². The molecule has 3 heteroatoms. The molecule has 0 fully saturated rings. The molecule has 1 atom stereocenters. The summed E-state index contributed by atoms with van der Waals surface area (Å²) in [4.78, 5) is 3.52. The van der Waals surface area contributed by atoms with Gasteiger partial charge in [-0.1, -0.05) is 29.8 Å². The number of H-pyrrole nitrogens is 1. The summed E-state index contributed by atoms with van der Waals surface area (Å²) in [5.41, 5.74) is 4.86. The first kappa shape index (κ1) is 12.2. The summed E-state index contributed by atoms with van der Waals surface area (Å²) >= 11 is 3.54. The summed E-state index contributed by atoms with van der Waals surface area (Å²) in [6.07, 6.45) is 1.48. The van der Waals surface area contributed by atoms with Gasteiger partial charge in [0.15, 0.2) is 0 Å². The highest BCUT2D eigenvalue weighted by Crippen LogP contribution is 2.44. The van der Waals surface area contributed by atoms with Crippen LogP contribution in [0.25, 0.3) is 10.9 Å². The predicted octanol–water partition coefficient (Wildman–Crippen LogP) is 4.24. The molecule has 18 heavy (non-hydrogen) atoms. The highest BCUT2D eigenvalue weighted by atomic mass is 79.9. The molecule has 0 aliphatic heterocycles. The van der Waals surface area contributed by atoms with Gasteiger partial charge in [0, 0.05) is 26.6 Å². The van der Waals surface area contributed by atoms with Crippen molar-refractivity contribution >= 4 is 26.8 Å². The van der Waals surface area contributed by atoms with E-state index in [1.165, 1.54) is 22.2 Å². The monoisotopic (exact) mass is 307 g/mol. The number of fused-ring (bicyclic) bond motifs is 3. The second kappa shape index (κ2) is 3.84. The summed E-state index contributed by atoms with van der Waals surface area (Å²) in [5.74, 6) is 0. The van der Waals surface area contributed by atoms with Gasteiger partial charge >= 0.3 is 0 Å². The Bertz CT molecular complexity index is 627. The highest BCUT2D eigenvalue weighted by molar-refractivity contribution is 9.10. The van der Waals surface area contributed by atoms with Gasteiger partial charge in [-0.2, -0.15) is 0 Å². The van der Waals surface area contributed by atoms with E-state index >= 15 is 0 Å². The lowest BCUT2D eigenvalue weighted by Crippen LogP contribution is -2.25. The highest BCUT2D eigenvalue weighted by Gasteiger charge is 2.33. The van der Waals surface area contributed by atoms with E-state index in [4.69, 9.17) is 0 Å². The molecule has 2 N–H and O–H groups in total. The van der Waals surface area contributed by atoms with Crippen molar-refractivity contribution in [3.05, 3.63) is 33.4 Å². The number of rotatable bonds is 0. The van der Waals surface area contributed by atoms with Crippen molar-refractivity contribution < 1.29 is 5.11 Å². The molecule has 96 valence electrons. The van der Waals surface area contributed by atoms with Crippen LogP contribution in [-0.2, 0) is 6.42 Å². The fraction of sp³-hybridized carbons (Fsp3) is 0.467. The Hall–Kier alpha value is -0.800. The number of aromatic nitrogens is 1. The van der Waals surface area contributed by atoms with Gasteiger partial charge in [-0.25, -0.2) is 0 Å². The Morgan fingerprint density at radius 1 is 1.39 bits per heavy atom. The van der Waals surface area contributed by atoms with Crippen molar-refractivity contribution in [2.45, 2.75) is 39.7 Å². The van der Waals surface area contributed by atoms with Crippen molar-refractivity contribution in [3.63, 3.8) is 0 Å². The largest absolute Gasteiger partial charge is 0.388 e. The smallest absolute Gasteiger partial charge is 0.0818 e. The minimum Gasteiger partial charge on any atom is -0.388 e. The number of hydrogen-bond donors (Lipinski definition) is 2. The Morgan fingerprint density at radius 2 is 2.11 bits per heavy atom. The third-order valence-corrected chi connectivity index (χ3v) is 4.38. The summed E-state index contributed by atoms with van der Waals surface area (Å²) in [7, 11) is 0. The van der Waals surface area contributed by atoms with Gasteiger partial charge in [-0.3, -0.25) is 0 Å². The zero-order chi connectivity index (χ0) is 13.1. The SMILES string of the molecule is Cc1cc(Br)cc2c3c([nH]c12)CC(C)(C)CC3O. The van der Waals surface area contributed by atoms with Crippen molar-refractivity contribution in [1.29, 1.82) is 0 Å². The zero-order valence-corrected chi connectivity index (χ0v) is 12.6. The fourth-order valence-electron chi connectivity index (χ4n) is 3.20. The lowest BCUT2D eigenvalue weighted by molar-refractivity contribution is 0.100. The number of nitrogens with one attached hydrogen (secondary N) is 1. The van der Waals surface area contributed by atoms with E-state index in [1.54, 1.807) is 0 Å². The van der Waals surface area contributed by atoms with E-state index in [0.29, 0.717) is 0 Å². The second-order valence-electron chi connectivity index (χ2n) is 6.22. The number of benzene rings is 1. The summed E-state index contributed by atoms with van der Waals surface area (Å²) in [5, 5.41) is 11.6. The summed E-state index contributed by atoms with van der Waals surface area (Å²) in [6.45, 7) is 6.54. The molecule has 2 aromatic rings. The third-order valence-electron chi connectivity index (χ3n) is 3.93. The fourth-order valence-corrected chi connectivity index (χ4v) is 3.77. The quantitative estimate of drug-likeness (QED) is 0.750. The van der Waals surface area contributed by atoms with Gasteiger partial charge in [0.1, 0.15) is 0 Å². The molecule has 0 spiro atoms. The lowest BCUT2D eigenvalue weighted by Gasteiger charge is -2.32. The van der Waals surface area contributed by atoms with E-state index < -0.39 is 0 Å². The summed E-state index contributed by atoms with van der Waals surface area (Å²) < 4.78 is 1.08. The van der Waals surface area contributed by atoms with E-state index in [0.717, 1.165) is 22.9 Å². The Labute approximate surface area is 116 Å². The molecule has 1 aliphatic rings. The van der Waals surface area contributed by atoms with Crippen LogP contribution in [0.5, 0.6) is 0 Å². The molecule has 1 unspecified atom stereocenters. The van der Waals surface area contributed by atoms with Crippen LogP contribution in [0.3, 0.4) is 0 Å². The van der Waals surface area contributed by atoms with Crippen molar-refractivity contribution in [3.8, 4) is 0 Å². The number of aliphatic hydroxyl groups is 1. The molecule has 1 aliphatic carbocycles. The van der Waals surface area contributed by atoms with Crippen molar-refractivity contribution in [2.75, 3.05) is 0 Å². The Kier molecular flexibility index (Phi) is 2.62. The van der Waals surface area contributed by atoms with Crippen LogP contribution >= 0.6 is 15.9 Å². The van der Waals surface area contributed by atoms with Crippen LogP contribution in [0.4, 0.5) is 0 Å². The maximum absolute atomic E-state index is 10.4. The number of aryl methyl sites for hydroxylation is 1. The molecular formula is C15H18BrNO. The average Bonchev–Trinajstić information content (AvgIpc) is 2.54. The molecule has 3 rings (SSSR count). The van der Waals surface area contributed by atoms with E-state index in [2.05, 4.69) is 53.8 Å². The minimum atomic E-state index is -0.355. The van der Waals surface area contributed by atoms with Crippen LogP contribution in [0.15, 0.2) is 16.6 Å². The van der Waals surface area contributed by atoms with Gasteiger partial charge in [0.2, 0.25) is 0 Å². The topological polar surface area (TPSA) is 36.0 Å². The van der Waals surface area contributed by atoms with Crippen LogP contribution in [-0.4, -0.2) is 10.1 Å². The second-order valence-corrected chi connectivity index (χ2v) is 7.14. The van der Waals surface area contributed by atoms with Gasteiger partial charge in [0.25, 0.3) is 0 Å².